The molecular formula is C25H25FN2O3. The van der Waals surface area contributed by atoms with Gasteiger partial charge in [-0.3, -0.25) is 4.79 Å². The molecule has 0 radical (unpaired) electrons. The van der Waals surface area contributed by atoms with Gasteiger partial charge in [0.05, 0.1) is 30.1 Å². The highest BCUT2D eigenvalue weighted by atomic mass is 19.1. The number of ether oxygens (including phenoxy) is 1. The summed E-state index contributed by atoms with van der Waals surface area (Å²) in [5.74, 6) is -0.373. The van der Waals surface area contributed by atoms with E-state index in [1.807, 2.05) is 13.0 Å². The van der Waals surface area contributed by atoms with E-state index < -0.39 is 5.92 Å². The Labute approximate surface area is 179 Å². The van der Waals surface area contributed by atoms with Crippen molar-refractivity contribution < 1.29 is 13.9 Å². The summed E-state index contributed by atoms with van der Waals surface area (Å²) >= 11 is 0. The third-order valence-corrected chi connectivity index (χ3v) is 7.04. The fourth-order valence-corrected chi connectivity index (χ4v) is 5.36. The van der Waals surface area contributed by atoms with Crippen molar-refractivity contribution in [2.24, 2.45) is 0 Å². The molecule has 3 aromatic rings. The van der Waals surface area contributed by atoms with Gasteiger partial charge in [-0.15, -0.1) is 0 Å². The molecule has 1 aromatic carbocycles. The Bertz CT molecular complexity index is 1330. The fraction of sp³-hybridized carbons (Fsp3) is 0.400. The normalized spacial score (nSPS) is 17.5. The molecule has 0 bridgehead atoms. The van der Waals surface area contributed by atoms with Crippen LogP contribution in [0.25, 0.3) is 22.3 Å². The smallest absolute Gasteiger partial charge is 0.257 e. The highest BCUT2D eigenvalue weighted by molar-refractivity contribution is 5.93. The first kappa shape index (κ1) is 20.1. The summed E-state index contributed by atoms with van der Waals surface area (Å²) in [6.07, 6.45) is 2.61. The number of hydrogen-bond donors (Lipinski definition) is 0. The quantitative estimate of drug-likeness (QED) is 0.460. The molecule has 0 saturated carbocycles. The molecule has 160 valence electrons. The molecule has 1 aliphatic heterocycles. The number of aromatic nitrogens is 2. The number of carbonyl (C=O) groups is 1. The number of halogens is 1. The summed E-state index contributed by atoms with van der Waals surface area (Å²) in [5, 5.41) is 1.05. The molecule has 0 spiro atoms. The molecule has 2 aliphatic rings. The lowest BCUT2D eigenvalue weighted by Gasteiger charge is -2.26. The number of benzene rings is 1. The van der Waals surface area contributed by atoms with Crippen LogP contribution in [-0.4, -0.2) is 22.9 Å². The van der Waals surface area contributed by atoms with Crippen LogP contribution in [0.2, 0.25) is 0 Å². The van der Waals surface area contributed by atoms with Crippen molar-refractivity contribution in [2.75, 3.05) is 7.11 Å². The van der Waals surface area contributed by atoms with Crippen molar-refractivity contribution in [3.8, 4) is 11.4 Å². The minimum Gasteiger partial charge on any atom is -0.380 e. The van der Waals surface area contributed by atoms with Crippen LogP contribution in [0.1, 0.15) is 65.5 Å². The van der Waals surface area contributed by atoms with E-state index in [0.29, 0.717) is 40.4 Å². The number of pyridine rings is 2. The highest BCUT2D eigenvalue weighted by Gasteiger charge is 2.33. The maximum Gasteiger partial charge on any atom is 0.257 e. The number of nitrogens with zero attached hydrogens (tertiary/aromatic N) is 2. The third kappa shape index (κ3) is 2.74. The van der Waals surface area contributed by atoms with E-state index in [1.165, 1.54) is 11.6 Å². The molecule has 0 amide bonds. The van der Waals surface area contributed by atoms with Crippen molar-refractivity contribution in [3.05, 3.63) is 61.7 Å². The van der Waals surface area contributed by atoms with E-state index in [0.717, 1.165) is 41.3 Å². The van der Waals surface area contributed by atoms with E-state index in [9.17, 15) is 14.0 Å². The number of rotatable bonds is 4. The van der Waals surface area contributed by atoms with Crippen LogP contribution in [0.5, 0.6) is 0 Å². The lowest BCUT2D eigenvalue weighted by Crippen LogP contribution is -2.26. The number of methoxy groups -OCH3 is 1. The second kappa shape index (κ2) is 7.09. The maximum absolute atomic E-state index is 14.7. The summed E-state index contributed by atoms with van der Waals surface area (Å²) in [7, 11) is 1.54. The summed E-state index contributed by atoms with van der Waals surface area (Å²) < 4.78 is 21.7. The van der Waals surface area contributed by atoms with E-state index in [2.05, 4.69) is 6.92 Å². The molecule has 2 aromatic heterocycles. The summed E-state index contributed by atoms with van der Waals surface area (Å²) in [6, 6.07) is 3.41. The summed E-state index contributed by atoms with van der Waals surface area (Å²) in [5.41, 5.74) is 7.06. The van der Waals surface area contributed by atoms with Crippen LogP contribution in [0.4, 0.5) is 4.39 Å². The van der Waals surface area contributed by atoms with Gasteiger partial charge in [0, 0.05) is 35.6 Å². The van der Waals surface area contributed by atoms with Crippen molar-refractivity contribution in [2.45, 2.75) is 58.6 Å². The molecule has 1 aliphatic carbocycles. The molecule has 6 heteroatoms. The number of aryl methyl sites for hydroxylation is 1. The Balaban J connectivity index is 1.86. The second-order valence-electron chi connectivity index (χ2n) is 8.86. The largest absolute Gasteiger partial charge is 0.380 e. The predicted molar refractivity (Wildman–Crippen MR) is 117 cm³/mol. The number of fused-ring (bicyclic) bond motifs is 4. The molecule has 31 heavy (non-hydrogen) atoms. The molecule has 5 nitrogen and oxygen atoms in total. The van der Waals surface area contributed by atoms with Crippen molar-refractivity contribution in [1.82, 2.24) is 9.55 Å². The third-order valence-electron chi connectivity index (χ3n) is 7.04. The van der Waals surface area contributed by atoms with Gasteiger partial charge in [0.1, 0.15) is 12.1 Å². The lowest BCUT2D eigenvalue weighted by molar-refractivity contribution is -0.108. The molecular weight excluding hydrogens is 395 g/mol. The zero-order valence-corrected chi connectivity index (χ0v) is 18.2. The van der Waals surface area contributed by atoms with Crippen LogP contribution in [0.3, 0.4) is 0 Å². The first-order valence-electron chi connectivity index (χ1n) is 10.7. The van der Waals surface area contributed by atoms with Crippen LogP contribution >= 0.6 is 0 Å². The van der Waals surface area contributed by atoms with Crippen molar-refractivity contribution in [3.63, 3.8) is 0 Å². The monoisotopic (exact) mass is 420 g/mol. The Morgan fingerprint density at radius 1 is 1.35 bits per heavy atom. The molecule has 2 atom stereocenters. The van der Waals surface area contributed by atoms with Crippen molar-refractivity contribution >= 4 is 17.2 Å². The highest BCUT2D eigenvalue weighted by Crippen LogP contribution is 2.45. The molecule has 3 heterocycles. The number of carbonyl (C=O) groups excluding carboxylic acids is 1. The molecule has 5 rings (SSSR count). The van der Waals surface area contributed by atoms with Gasteiger partial charge in [-0.2, -0.15) is 0 Å². The molecule has 2 unspecified atom stereocenters. The Morgan fingerprint density at radius 2 is 2.13 bits per heavy atom. The molecule has 0 fully saturated rings. The Hall–Kier alpha value is -2.86. The zero-order chi connectivity index (χ0) is 22.0. The fourth-order valence-electron chi connectivity index (χ4n) is 5.36. The van der Waals surface area contributed by atoms with Gasteiger partial charge in [-0.1, -0.05) is 13.8 Å². The topological polar surface area (TPSA) is 61.2 Å². The lowest BCUT2D eigenvalue weighted by atomic mass is 9.79. The van der Waals surface area contributed by atoms with Crippen LogP contribution < -0.4 is 5.56 Å². The van der Waals surface area contributed by atoms with Gasteiger partial charge in [-0.05, 0) is 54.0 Å². The SMILES string of the molecule is COCc1c(C(C)C=O)cc2n(c1=O)Cc1c-2nc2cc(F)c(C)c3c2c1C(C)CC3. The van der Waals surface area contributed by atoms with E-state index in [-0.39, 0.29) is 18.0 Å². The standard InChI is InChI=1S/C25H25FN2O3/c1-12-5-6-15-14(3)19(26)8-20-23(15)22(12)17-9-28-21(24(17)27-20)7-16(13(2)10-29)18(11-31-4)25(28)30/h7-8,10,12-13H,5-6,9,11H2,1-4H3. The van der Waals surface area contributed by atoms with Gasteiger partial charge in [0.15, 0.2) is 0 Å². The Kier molecular flexibility index (Phi) is 4.59. The van der Waals surface area contributed by atoms with Gasteiger partial charge < -0.3 is 14.1 Å². The Morgan fingerprint density at radius 3 is 2.84 bits per heavy atom. The first-order valence-corrected chi connectivity index (χ1v) is 10.7. The van der Waals surface area contributed by atoms with E-state index in [4.69, 9.17) is 9.72 Å². The van der Waals surface area contributed by atoms with Crippen molar-refractivity contribution in [1.29, 1.82) is 0 Å². The van der Waals surface area contributed by atoms with Crippen LogP contribution in [0.15, 0.2) is 16.9 Å². The average Bonchev–Trinajstić information content (AvgIpc) is 3.12. The first-order chi connectivity index (χ1) is 14.9. The maximum atomic E-state index is 14.7. The van der Waals surface area contributed by atoms with E-state index >= 15 is 0 Å². The minimum absolute atomic E-state index is 0.149. The van der Waals surface area contributed by atoms with Gasteiger partial charge in [0.25, 0.3) is 5.56 Å². The van der Waals surface area contributed by atoms with Gasteiger partial charge in [-0.25, -0.2) is 9.37 Å². The zero-order valence-electron chi connectivity index (χ0n) is 18.2. The van der Waals surface area contributed by atoms with Gasteiger partial charge in [0.2, 0.25) is 0 Å². The van der Waals surface area contributed by atoms with Crippen LogP contribution in [-0.2, 0) is 29.1 Å². The van der Waals surface area contributed by atoms with E-state index in [1.54, 1.807) is 18.6 Å². The second-order valence-corrected chi connectivity index (χ2v) is 8.86. The summed E-state index contributed by atoms with van der Waals surface area (Å²) in [6.45, 7) is 6.39. The average molecular weight is 420 g/mol. The summed E-state index contributed by atoms with van der Waals surface area (Å²) in [4.78, 5) is 29.8. The number of hydrogen-bond acceptors (Lipinski definition) is 4. The van der Waals surface area contributed by atoms with Gasteiger partial charge >= 0.3 is 0 Å². The number of aldehydes is 1. The minimum atomic E-state index is -0.433. The molecule has 0 saturated heterocycles. The predicted octanol–water partition coefficient (Wildman–Crippen LogP) is 4.37. The molecule has 0 N–H and O–H groups in total. The van der Waals surface area contributed by atoms with Crippen LogP contribution in [0, 0.1) is 12.7 Å².